The summed E-state index contributed by atoms with van der Waals surface area (Å²) in [6.45, 7) is 2.50. The summed E-state index contributed by atoms with van der Waals surface area (Å²) in [4.78, 5) is 0. The minimum Gasteiger partial charge on any atom is -0.508 e. The Kier molecular flexibility index (Phi) is 3.78. The molecule has 1 atom stereocenters. The van der Waals surface area contributed by atoms with Crippen LogP contribution in [-0.4, -0.2) is 27.5 Å². The van der Waals surface area contributed by atoms with Gasteiger partial charge in [-0.3, -0.25) is 0 Å². The molecule has 1 saturated carbocycles. The lowest BCUT2D eigenvalue weighted by molar-refractivity contribution is 0.0453. The number of benzene rings is 1. The number of phenols is 2. The van der Waals surface area contributed by atoms with Crippen molar-refractivity contribution >= 4 is 0 Å². The first-order valence-corrected chi connectivity index (χ1v) is 6.47. The highest BCUT2D eigenvalue weighted by atomic mass is 16.3. The Bertz CT molecular complexity index is 393. The first-order chi connectivity index (χ1) is 8.48. The van der Waals surface area contributed by atoms with E-state index in [9.17, 15) is 15.3 Å². The van der Waals surface area contributed by atoms with Gasteiger partial charge in [0, 0.05) is 18.7 Å². The topological polar surface area (TPSA) is 72.7 Å². The van der Waals surface area contributed by atoms with E-state index in [0.29, 0.717) is 6.54 Å². The Morgan fingerprint density at radius 3 is 2.28 bits per heavy atom. The zero-order valence-electron chi connectivity index (χ0n) is 10.7. The lowest BCUT2D eigenvalue weighted by Crippen LogP contribution is -2.39. The predicted molar refractivity (Wildman–Crippen MR) is 69.6 cm³/mol. The second kappa shape index (κ2) is 5.16. The van der Waals surface area contributed by atoms with Crippen LogP contribution in [0.2, 0.25) is 0 Å². The van der Waals surface area contributed by atoms with E-state index >= 15 is 0 Å². The molecule has 0 radical (unpaired) electrons. The van der Waals surface area contributed by atoms with Gasteiger partial charge in [-0.05, 0) is 37.5 Å². The largest absolute Gasteiger partial charge is 0.508 e. The molecule has 0 amide bonds. The molecule has 1 aromatic carbocycles. The van der Waals surface area contributed by atoms with Gasteiger partial charge in [-0.15, -0.1) is 0 Å². The first-order valence-electron chi connectivity index (χ1n) is 6.47. The van der Waals surface area contributed by atoms with Gasteiger partial charge in [0.15, 0.2) is 0 Å². The van der Waals surface area contributed by atoms with Crippen molar-refractivity contribution in [1.82, 2.24) is 5.32 Å². The summed E-state index contributed by atoms with van der Waals surface area (Å²) >= 11 is 0. The summed E-state index contributed by atoms with van der Waals surface area (Å²) < 4.78 is 0. The van der Waals surface area contributed by atoms with E-state index in [1.54, 1.807) is 12.1 Å². The van der Waals surface area contributed by atoms with E-state index < -0.39 is 5.60 Å². The molecular formula is C14H21NO3. The number of hydrogen-bond acceptors (Lipinski definition) is 4. The molecule has 2 rings (SSSR count). The molecule has 1 fully saturated rings. The third kappa shape index (κ3) is 3.15. The molecule has 4 nitrogen and oxygen atoms in total. The summed E-state index contributed by atoms with van der Waals surface area (Å²) in [6.07, 6.45) is 3.86. The minimum atomic E-state index is -0.590. The van der Waals surface area contributed by atoms with Gasteiger partial charge in [0.2, 0.25) is 0 Å². The molecule has 1 aliphatic rings. The first kappa shape index (κ1) is 13.2. The van der Waals surface area contributed by atoms with Crippen molar-refractivity contribution in [2.24, 2.45) is 0 Å². The minimum absolute atomic E-state index is 0.0207. The molecule has 0 bridgehead atoms. The average Bonchev–Trinajstić information content (AvgIpc) is 2.72. The molecule has 1 aromatic rings. The number of nitrogens with one attached hydrogen (secondary N) is 1. The predicted octanol–water partition coefficient (Wildman–Crippen LogP) is 2.05. The van der Waals surface area contributed by atoms with Crippen molar-refractivity contribution in [1.29, 1.82) is 0 Å². The zero-order valence-corrected chi connectivity index (χ0v) is 10.7. The van der Waals surface area contributed by atoms with Crippen molar-refractivity contribution in [2.45, 2.75) is 44.2 Å². The summed E-state index contributed by atoms with van der Waals surface area (Å²) in [7, 11) is 0. The quantitative estimate of drug-likeness (QED) is 0.661. The van der Waals surface area contributed by atoms with Gasteiger partial charge in [0.1, 0.15) is 11.5 Å². The molecule has 1 aliphatic carbocycles. The Labute approximate surface area is 107 Å². The van der Waals surface area contributed by atoms with E-state index in [1.807, 2.05) is 6.92 Å². The van der Waals surface area contributed by atoms with Crippen LogP contribution in [0.1, 0.15) is 44.2 Å². The standard InChI is InChI=1S/C14H21NO3/c1-10(11-6-12(16)8-13(17)7-11)15-9-14(18)4-2-3-5-14/h6-8,10,15-18H,2-5,9H2,1H3. The maximum Gasteiger partial charge on any atom is 0.119 e. The Morgan fingerprint density at radius 1 is 1.17 bits per heavy atom. The molecule has 0 aromatic heterocycles. The number of phenolic OH excluding ortho intramolecular Hbond substituents is 2. The highest BCUT2D eigenvalue weighted by Gasteiger charge is 2.31. The third-order valence-corrected chi connectivity index (χ3v) is 3.70. The van der Waals surface area contributed by atoms with Crippen molar-refractivity contribution in [3.8, 4) is 11.5 Å². The summed E-state index contributed by atoms with van der Waals surface area (Å²) in [5, 5.41) is 32.4. The molecule has 4 heteroatoms. The van der Waals surface area contributed by atoms with Crippen LogP contribution >= 0.6 is 0 Å². The summed E-state index contributed by atoms with van der Waals surface area (Å²) in [5.41, 5.74) is 0.224. The van der Waals surface area contributed by atoms with Crippen molar-refractivity contribution in [2.75, 3.05) is 6.54 Å². The van der Waals surface area contributed by atoms with Gasteiger partial charge in [-0.2, -0.15) is 0 Å². The van der Waals surface area contributed by atoms with Crippen LogP contribution in [0.25, 0.3) is 0 Å². The molecule has 4 N–H and O–H groups in total. The molecule has 0 aliphatic heterocycles. The normalized spacial score (nSPS) is 19.9. The van der Waals surface area contributed by atoms with Gasteiger partial charge in [-0.25, -0.2) is 0 Å². The number of hydrogen-bond donors (Lipinski definition) is 4. The van der Waals surface area contributed by atoms with E-state index in [0.717, 1.165) is 31.2 Å². The second-order valence-corrected chi connectivity index (χ2v) is 5.32. The van der Waals surface area contributed by atoms with Gasteiger partial charge >= 0.3 is 0 Å². The van der Waals surface area contributed by atoms with Crippen LogP contribution < -0.4 is 5.32 Å². The van der Waals surface area contributed by atoms with Crippen LogP contribution in [0.15, 0.2) is 18.2 Å². The molecule has 100 valence electrons. The van der Waals surface area contributed by atoms with Crippen LogP contribution in [0, 0.1) is 0 Å². The Morgan fingerprint density at radius 2 is 1.72 bits per heavy atom. The fraction of sp³-hybridized carbons (Fsp3) is 0.571. The fourth-order valence-electron chi connectivity index (χ4n) is 2.54. The van der Waals surface area contributed by atoms with Crippen LogP contribution in [-0.2, 0) is 0 Å². The molecule has 0 saturated heterocycles. The second-order valence-electron chi connectivity index (χ2n) is 5.32. The number of aromatic hydroxyl groups is 2. The van der Waals surface area contributed by atoms with Crippen LogP contribution in [0.3, 0.4) is 0 Å². The van der Waals surface area contributed by atoms with E-state index in [2.05, 4.69) is 5.32 Å². The molecule has 1 unspecified atom stereocenters. The Balaban J connectivity index is 1.96. The monoisotopic (exact) mass is 251 g/mol. The molecular weight excluding hydrogens is 230 g/mol. The molecule has 0 spiro atoms. The number of rotatable bonds is 4. The highest BCUT2D eigenvalue weighted by Crippen LogP contribution is 2.30. The lowest BCUT2D eigenvalue weighted by atomic mass is 10.0. The van der Waals surface area contributed by atoms with Crippen LogP contribution in [0.4, 0.5) is 0 Å². The van der Waals surface area contributed by atoms with Crippen molar-refractivity contribution < 1.29 is 15.3 Å². The van der Waals surface area contributed by atoms with Gasteiger partial charge in [0.25, 0.3) is 0 Å². The molecule has 0 heterocycles. The maximum atomic E-state index is 10.2. The molecule has 18 heavy (non-hydrogen) atoms. The third-order valence-electron chi connectivity index (χ3n) is 3.70. The highest BCUT2D eigenvalue weighted by molar-refractivity contribution is 5.37. The number of aliphatic hydroxyl groups is 1. The van der Waals surface area contributed by atoms with Crippen LogP contribution in [0.5, 0.6) is 11.5 Å². The average molecular weight is 251 g/mol. The van der Waals surface area contributed by atoms with Crippen molar-refractivity contribution in [3.05, 3.63) is 23.8 Å². The van der Waals surface area contributed by atoms with Gasteiger partial charge < -0.3 is 20.6 Å². The van der Waals surface area contributed by atoms with Gasteiger partial charge in [0.05, 0.1) is 5.60 Å². The SMILES string of the molecule is CC(NCC1(O)CCCC1)c1cc(O)cc(O)c1. The maximum absolute atomic E-state index is 10.2. The van der Waals surface area contributed by atoms with E-state index in [-0.39, 0.29) is 17.5 Å². The smallest absolute Gasteiger partial charge is 0.119 e. The lowest BCUT2D eigenvalue weighted by Gasteiger charge is -2.25. The summed E-state index contributed by atoms with van der Waals surface area (Å²) in [6, 6.07) is 4.53. The van der Waals surface area contributed by atoms with Crippen molar-refractivity contribution in [3.63, 3.8) is 0 Å². The fourth-order valence-corrected chi connectivity index (χ4v) is 2.54. The van der Waals surface area contributed by atoms with Gasteiger partial charge in [-0.1, -0.05) is 12.8 Å². The Hall–Kier alpha value is -1.26. The van der Waals surface area contributed by atoms with E-state index in [4.69, 9.17) is 0 Å². The summed E-state index contributed by atoms with van der Waals surface area (Å²) in [5.74, 6) is 0.108. The van der Waals surface area contributed by atoms with E-state index in [1.165, 1.54) is 6.07 Å². The zero-order chi connectivity index (χ0) is 13.2.